The molecule has 2 aliphatic rings. The van der Waals surface area contributed by atoms with E-state index in [9.17, 15) is 18.8 Å². The Morgan fingerprint density at radius 2 is 2.13 bits per heavy atom. The van der Waals surface area contributed by atoms with Crippen LogP contribution in [0.25, 0.3) is 0 Å². The number of rotatable bonds is 3. The largest absolute Gasteiger partial charge is 0.443 e. The monoisotopic (exact) mass is 342 g/mol. The van der Waals surface area contributed by atoms with E-state index in [0.29, 0.717) is 17.9 Å². The van der Waals surface area contributed by atoms with Gasteiger partial charge in [0.1, 0.15) is 11.9 Å². The van der Waals surface area contributed by atoms with E-state index in [1.54, 1.807) is 6.07 Å². The lowest BCUT2D eigenvalue weighted by Crippen LogP contribution is -2.28. The van der Waals surface area contributed by atoms with E-state index >= 15 is 0 Å². The molecule has 0 aliphatic carbocycles. The third-order valence-electron chi connectivity index (χ3n) is 4.30. The molecule has 2 heterocycles. The van der Waals surface area contributed by atoms with Crippen LogP contribution in [0.15, 0.2) is 18.2 Å². The van der Waals surface area contributed by atoms with Crippen molar-refractivity contribution >= 4 is 34.4 Å². The van der Waals surface area contributed by atoms with Gasteiger partial charge in [-0.25, -0.2) is 9.18 Å². The quantitative estimate of drug-likeness (QED) is 0.801. The lowest BCUT2D eigenvalue weighted by Gasteiger charge is -2.22. The van der Waals surface area contributed by atoms with Crippen LogP contribution < -0.4 is 10.6 Å². The van der Waals surface area contributed by atoms with E-state index < -0.39 is 41.5 Å². The summed E-state index contributed by atoms with van der Waals surface area (Å²) in [5.74, 6) is -1.03. The molecule has 2 N–H and O–H groups in total. The van der Waals surface area contributed by atoms with Crippen molar-refractivity contribution in [3.8, 4) is 0 Å². The van der Waals surface area contributed by atoms with Gasteiger partial charge >= 0.3 is 6.09 Å². The van der Waals surface area contributed by atoms with Crippen molar-refractivity contribution in [1.29, 1.82) is 0 Å². The van der Waals surface area contributed by atoms with Gasteiger partial charge in [-0.05, 0) is 29.9 Å². The zero-order valence-corrected chi connectivity index (χ0v) is 13.9. The van der Waals surface area contributed by atoms with Gasteiger partial charge in [0.15, 0.2) is 0 Å². The molecule has 1 aromatic rings. The van der Waals surface area contributed by atoms with Crippen molar-refractivity contribution in [1.82, 2.24) is 0 Å². The van der Waals surface area contributed by atoms with Gasteiger partial charge in [0.05, 0.1) is 18.2 Å². The number of carbonyl (C=O) groups excluding carboxylic acids is 3. The minimum absolute atomic E-state index is 0.200. The minimum Gasteiger partial charge on any atom is -0.443 e. The second-order valence-electron chi connectivity index (χ2n) is 5.79. The Labute approximate surface area is 136 Å². The Kier molecular flexibility index (Phi) is 4.36. The van der Waals surface area contributed by atoms with E-state index in [4.69, 9.17) is 10.5 Å². The first-order chi connectivity index (χ1) is 11.0. The Bertz CT molecular complexity index is 681. The maximum atomic E-state index is 14.4. The molecule has 8 heteroatoms. The van der Waals surface area contributed by atoms with Crippen LogP contribution in [0.3, 0.4) is 0 Å². The van der Waals surface area contributed by atoms with E-state index in [0.717, 1.165) is 0 Å². The van der Waals surface area contributed by atoms with Gasteiger partial charge in [-0.1, -0.05) is 6.07 Å². The maximum absolute atomic E-state index is 14.4. The molecular weight excluding hydrogens is 323 g/mol. The van der Waals surface area contributed by atoms with Crippen molar-refractivity contribution in [3.05, 3.63) is 29.6 Å². The van der Waals surface area contributed by atoms with Crippen LogP contribution in [0.4, 0.5) is 14.9 Å². The van der Waals surface area contributed by atoms with Crippen LogP contribution in [0.2, 0.25) is 0 Å². The molecule has 2 atom stereocenters. The molecule has 0 saturated carbocycles. The third-order valence-corrected chi connectivity index (χ3v) is 5.86. The standard InChI is InChI=1S/C15H19FN2O4S/c16-12-5-8(18-7-9(6-17)22-15(18)21)1-2-10(12)11-3-4-23-14(20)13(11)19/h1-2,5,9,11H,3-4,6-7,17H2,23H4/t9-,11?/m0/s1. The number of cyclic esters (lactones) is 1. The molecule has 0 aromatic heterocycles. The highest BCUT2D eigenvalue weighted by molar-refractivity contribution is 8.15. The highest BCUT2D eigenvalue weighted by Crippen LogP contribution is 2.33. The molecule has 0 spiro atoms. The molecule has 2 saturated heterocycles. The SMILES string of the molecule is NC[C@H]1CN(c2ccc(C3CC[SH4]C(=O)C3=O)c(F)c2)C(=O)O1. The molecule has 1 unspecified atom stereocenters. The van der Waals surface area contributed by atoms with Gasteiger partial charge in [-0.15, -0.1) is 0 Å². The Balaban J connectivity index is 1.85. The van der Waals surface area contributed by atoms with Crippen LogP contribution in [-0.2, 0) is 14.3 Å². The van der Waals surface area contributed by atoms with E-state index in [-0.39, 0.29) is 23.8 Å². The number of halogens is 1. The number of anilines is 1. The van der Waals surface area contributed by atoms with Gasteiger partial charge < -0.3 is 10.5 Å². The van der Waals surface area contributed by atoms with Gasteiger partial charge in [0, 0.05) is 6.54 Å². The fourth-order valence-electron chi connectivity index (χ4n) is 3.03. The van der Waals surface area contributed by atoms with Crippen molar-refractivity contribution in [2.75, 3.05) is 23.7 Å². The van der Waals surface area contributed by atoms with E-state index in [2.05, 4.69) is 0 Å². The topological polar surface area (TPSA) is 89.7 Å². The summed E-state index contributed by atoms with van der Waals surface area (Å²) >= 11 is -0.991. The molecule has 6 nitrogen and oxygen atoms in total. The molecule has 23 heavy (non-hydrogen) atoms. The van der Waals surface area contributed by atoms with Crippen molar-refractivity contribution in [2.24, 2.45) is 5.73 Å². The van der Waals surface area contributed by atoms with Crippen molar-refractivity contribution < 1.29 is 23.5 Å². The predicted octanol–water partition coefficient (Wildman–Crippen LogP) is 0.355. The Morgan fingerprint density at radius 3 is 2.78 bits per heavy atom. The zero-order valence-electron chi connectivity index (χ0n) is 12.5. The molecule has 0 bridgehead atoms. The van der Waals surface area contributed by atoms with Crippen LogP contribution in [0.5, 0.6) is 0 Å². The maximum Gasteiger partial charge on any atom is 0.414 e. The number of Topliss-reactive ketones (excluding diaryl/α,β-unsaturated/α-hetero) is 1. The van der Waals surface area contributed by atoms with Crippen molar-refractivity contribution in [3.63, 3.8) is 0 Å². The van der Waals surface area contributed by atoms with E-state index in [1.807, 2.05) is 0 Å². The molecular formula is C15H19FN2O4S. The summed E-state index contributed by atoms with van der Waals surface area (Å²) in [4.78, 5) is 36.6. The summed E-state index contributed by atoms with van der Waals surface area (Å²) in [6, 6.07) is 4.26. The van der Waals surface area contributed by atoms with Crippen LogP contribution in [0, 0.1) is 5.82 Å². The number of benzene rings is 1. The number of hydrogen-bond donors (Lipinski definition) is 1. The highest BCUT2D eigenvalue weighted by Gasteiger charge is 2.34. The smallest absolute Gasteiger partial charge is 0.414 e. The summed E-state index contributed by atoms with van der Waals surface area (Å²) < 4.78 is 19.5. The number of nitrogens with two attached hydrogens (primary N) is 1. The van der Waals surface area contributed by atoms with Gasteiger partial charge in [-0.3, -0.25) is 26.3 Å². The van der Waals surface area contributed by atoms with Crippen LogP contribution >= 0.6 is 11.8 Å². The fourth-order valence-corrected chi connectivity index (χ4v) is 4.46. The van der Waals surface area contributed by atoms with Gasteiger partial charge in [0.2, 0.25) is 10.9 Å². The number of nitrogens with zero attached hydrogens (tertiary/aromatic N) is 1. The minimum atomic E-state index is -0.991. The van der Waals surface area contributed by atoms with Gasteiger partial charge in [-0.2, -0.15) is 0 Å². The Morgan fingerprint density at radius 1 is 1.35 bits per heavy atom. The number of carbonyl (C=O) groups is 3. The predicted molar refractivity (Wildman–Crippen MR) is 88.5 cm³/mol. The summed E-state index contributed by atoms with van der Waals surface area (Å²) in [6.45, 7) is 0.464. The first kappa shape index (κ1) is 15.9. The first-order valence-electron chi connectivity index (χ1n) is 7.56. The molecule has 0 radical (unpaired) electrons. The fraction of sp³-hybridized carbons (Fsp3) is 0.400. The summed E-state index contributed by atoms with van der Waals surface area (Å²) in [5, 5.41) is -0.307. The molecule has 2 fully saturated rings. The molecule has 126 valence electrons. The second kappa shape index (κ2) is 6.29. The van der Waals surface area contributed by atoms with Crippen LogP contribution in [0.1, 0.15) is 17.9 Å². The van der Waals surface area contributed by atoms with Crippen molar-refractivity contribution in [2.45, 2.75) is 18.4 Å². The number of hydrogen-bond acceptors (Lipinski definition) is 5. The summed E-state index contributed by atoms with van der Waals surface area (Å²) in [6.07, 6.45) is -0.455. The third kappa shape index (κ3) is 2.96. The number of ketones is 1. The average molecular weight is 342 g/mol. The van der Waals surface area contributed by atoms with E-state index in [1.165, 1.54) is 17.0 Å². The molecule has 2 aliphatic heterocycles. The normalized spacial score (nSPS) is 25.3. The average Bonchev–Trinajstić information content (AvgIpc) is 2.91. The lowest BCUT2D eigenvalue weighted by molar-refractivity contribution is -0.133. The van der Waals surface area contributed by atoms with Gasteiger partial charge in [0.25, 0.3) is 0 Å². The molecule has 1 aromatic carbocycles. The molecule has 1 amide bonds. The lowest BCUT2D eigenvalue weighted by atomic mass is 9.91. The number of ether oxygens (including phenoxy) is 1. The summed E-state index contributed by atoms with van der Waals surface area (Å²) in [7, 11) is 0. The van der Waals surface area contributed by atoms with Crippen LogP contribution in [-0.4, -0.2) is 41.9 Å². The summed E-state index contributed by atoms with van der Waals surface area (Å²) in [5.41, 5.74) is 6.06. The number of amides is 1. The molecule has 3 rings (SSSR count). The Hall–Kier alpha value is -1.93. The second-order valence-corrected chi connectivity index (χ2v) is 7.64. The highest BCUT2D eigenvalue weighted by atomic mass is 32.2. The zero-order chi connectivity index (χ0) is 16.6. The first-order valence-corrected chi connectivity index (χ1v) is 9.26.